The Balaban J connectivity index is 1.74. The zero-order valence-electron chi connectivity index (χ0n) is 11.7. The molecule has 0 radical (unpaired) electrons. The van der Waals surface area contributed by atoms with Crippen LogP contribution in [0.3, 0.4) is 0 Å². The quantitative estimate of drug-likeness (QED) is 0.785. The van der Waals surface area contributed by atoms with E-state index in [-0.39, 0.29) is 5.91 Å². The van der Waals surface area contributed by atoms with Crippen molar-refractivity contribution in [3.05, 3.63) is 58.3 Å². The van der Waals surface area contributed by atoms with Gasteiger partial charge in [-0.15, -0.1) is 11.3 Å². The molecule has 3 aromatic rings. The molecule has 5 heteroatoms. The van der Waals surface area contributed by atoms with Crippen molar-refractivity contribution in [3.8, 4) is 11.3 Å². The summed E-state index contributed by atoms with van der Waals surface area (Å²) in [5.74, 6) is 0.550. The monoisotopic (exact) mass is 298 g/mol. The molecule has 0 fully saturated rings. The van der Waals surface area contributed by atoms with Gasteiger partial charge in [-0.1, -0.05) is 12.1 Å². The molecular weight excluding hydrogens is 284 g/mol. The lowest BCUT2D eigenvalue weighted by molar-refractivity contribution is 0.103. The minimum absolute atomic E-state index is 0.0851. The smallest absolute Gasteiger partial charge is 0.265 e. The van der Waals surface area contributed by atoms with Crippen LogP contribution in [0.5, 0.6) is 0 Å². The van der Waals surface area contributed by atoms with Crippen molar-refractivity contribution >= 4 is 22.9 Å². The molecule has 0 atom stereocenters. The molecule has 0 aliphatic heterocycles. The van der Waals surface area contributed by atoms with E-state index in [1.807, 2.05) is 43.3 Å². The Bertz CT molecular complexity index is 772. The number of benzene rings is 1. The third-order valence-corrected chi connectivity index (χ3v) is 4.02. The minimum Gasteiger partial charge on any atom is -0.449 e. The Kier molecular flexibility index (Phi) is 3.58. The summed E-state index contributed by atoms with van der Waals surface area (Å²) in [5.41, 5.74) is 2.51. The van der Waals surface area contributed by atoms with Gasteiger partial charge in [0.05, 0.1) is 4.88 Å². The number of amides is 1. The fourth-order valence-electron chi connectivity index (χ4n) is 1.97. The van der Waals surface area contributed by atoms with Crippen LogP contribution < -0.4 is 5.32 Å². The predicted molar refractivity (Wildman–Crippen MR) is 83.7 cm³/mol. The van der Waals surface area contributed by atoms with Crippen LogP contribution in [0, 0.1) is 13.8 Å². The van der Waals surface area contributed by atoms with Crippen molar-refractivity contribution in [2.24, 2.45) is 0 Å². The van der Waals surface area contributed by atoms with Crippen LogP contribution in [0.4, 0.5) is 5.69 Å². The largest absolute Gasteiger partial charge is 0.449 e. The van der Waals surface area contributed by atoms with E-state index >= 15 is 0 Å². The summed E-state index contributed by atoms with van der Waals surface area (Å²) in [7, 11) is 0. The minimum atomic E-state index is -0.0851. The van der Waals surface area contributed by atoms with Gasteiger partial charge in [-0.25, -0.2) is 4.98 Å². The zero-order chi connectivity index (χ0) is 14.8. The van der Waals surface area contributed by atoms with E-state index in [1.165, 1.54) is 11.3 Å². The van der Waals surface area contributed by atoms with Crippen molar-refractivity contribution in [2.75, 3.05) is 5.32 Å². The number of rotatable bonds is 3. The Hall–Kier alpha value is -2.40. The number of aryl methyl sites for hydroxylation is 2. The number of aromatic nitrogens is 1. The molecule has 1 amide bonds. The summed E-state index contributed by atoms with van der Waals surface area (Å²) in [4.78, 5) is 18.2. The van der Waals surface area contributed by atoms with E-state index in [9.17, 15) is 4.79 Å². The first-order valence-electron chi connectivity index (χ1n) is 6.52. The molecule has 1 N–H and O–H groups in total. The highest BCUT2D eigenvalue weighted by atomic mass is 32.1. The summed E-state index contributed by atoms with van der Waals surface area (Å²) in [6.45, 7) is 3.79. The maximum Gasteiger partial charge on any atom is 0.265 e. The number of anilines is 1. The number of hydrogen-bond donors (Lipinski definition) is 1. The molecule has 0 aliphatic carbocycles. The fourth-order valence-corrected chi connectivity index (χ4v) is 2.73. The van der Waals surface area contributed by atoms with Gasteiger partial charge in [0.2, 0.25) is 0 Å². The number of oxazole rings is 1. The predicted octanol–water partition coefficient (Wildman–Crippen LogP) is 4.27. The molecule has 2 heterocycles. The van der Waals surface area contributed by atoms with Crippen LogP contribution in [0.2, 0.25) is 0 Å². The Morgan fingerprint density at radius 2 is 1.90 bits per heavy atom. The van der Waals surface area contributed by atoms with Crippen molar-refractivity contribution < 1.29 is 9.21 Å². The molecule has 4 nitrogen and oxygen atoms in total. The van der Waals surface area contributed by atoms with E-state index < -0.39 is 0 Å². The van der Waals surface area contributed by atoms with Crippen molar-refractivity contribution in [1.82, 2.24) is 4.98 Å². The second-order valence-electron chi connectivity index (χ2n) is 4.69. The fraction of sp³-hybridized carbons (Fsp3) is 0.125. The molecule has 1 aromatic carbocycles. The molecule has 0 unspecified atom stereocenters. The molecule has 0 aliphatic rings. The maximum atomic E-state index is 12.1. The zero-order valence-corrected chi connectivity index (χ0v) is 12.5. The third-order valence-electron chi connectivity index (χ3n) is 3.02. The van der Waals surface area contributed by atoms with Gasteiger partial charge in [-0.3, -0.25) is 4.79 Å². The van der Waals surface area contributed by atoms with E-state index in [0.717, 1.165) is 21.8 Å². The molecule has 21 heavy (non-hydrogen) atoms. The first-order valence-corrected chi connectivity index (χ1v) is 7.34. The highest BCUT2D eigenvalue weighted by Crippen LogP contribution is 2.22. The van der Waals surface area contributed by atoms with E-state index in [1.54, 1.807) is 13.2 Å². The van der Waals surface area contributed by atoms with Crippen LogP contribution in [0.15, 0.2) is 47.1 Å². The van der Waals surface area contributed by atoms with Crippen LogP contribution in [0.1, 0.15) is 20.4 Å². The van der Waals surface area contributed by atoms with E-state index in [4.69, 9.17) is 4.42 Å². The second kappa shape index (κ2) is 5.54. The number of carbonyl (C=O) groups is 1. The first kappa shape index (κ1) is 13.6. The van der Waals surface area contributed by atoms with Crippen LogP contribution in [-0.4, -0.2) is 10.9 Å². The van der Waals surface area contributed by atoms with Gasteiger partial charge < -0.3 is 9.73 Å². The van der Waals surface area contributed by atoms with Gasteiger partial charge in [0, 0.05) is 23.1 Å². The Morgan fingerprint density at radius 1 is 1.14 bits per heavy atom. The van der Waals surface area contributed by atoms with Gasteiger partial charge in [0.1, 0.15) is 12.0 Å². The molecule has 0 bridgehead atoms. The summed E-state index contributed by atoms with van der Waals surface area (Å²) in [6, 6.07) is 11.3. The van der Waals surface area contributed by atoms with E-state index in [0.29, 0.717) is 10.8 Å². The average Bonchev–Trinajstić information content (AvgIpc) is 3.08. The van der Waals surface area contributed by atoms with Crippen molar-refractivity contribution in [3.63, 3.8) is 0 Å². The number of nitrogens with zero attached hydrogens (tertiary/aromatic N) is 1. The third kappa shape index (κ3) is 3.03. The second-order valence-corrected chi connectivity index (χ2v) is 5.98. The van der Waals surface area contributed by atoms with Gasteiger partial charge in [0.15, 0.2) is 5.89 Å². The molecule has 3 rings (SSSR count). The molecular formula is C16H14N2O2S. The molecule has 106 valence electrons. The summed E-state index contributed by atoms with van der Waals surface area (Å²) >= 11 is 1.48. The maximum absolute atomic E-state index is 12.1. The molecule has 0 spiro atoms. The number of carbonyl (C=O) groups excluding carboxylic acids is 1. The average molecular weight is 298 g/mol. The lowest BCUT2D eigenvalue weighted by Gasteiger charge is -2.04. The summed E-state index contributed by atoms with van der Waals surface area (Å²) in [5, 5.41) is 2.88. The van der Waals surface area contributed by atoms with Gasteiger partial charge in [-0.05, 0) is 31.2 Å². The molecule has 2 aromatic heterocycles. The Labute approximate surface area is 126 Å². The van der Waals surface area contributed by atoms with Gasteiger partial charge >= 0.3 is 0 Å². The topological polar surface area (TPSA) is 55.1 Å². The van der Waals surface area contributed by atoms with Crippen molar-refractivity contribution in [2.45, 2.75) is 13.8 Å². The number of hydrogen-bond acceptors (Lipinski definition) is 4. The highest BCUT2D eigenvalue weighted by molar-refractivity contribution is 7.14. The lowest BCUT2D eigenvalue weighted by atomic mass is 10.1. The van der Waals surface area contributed by atoms with Gasteiger partial charge in [0.25, 0.3) is 5.91 Å². The summed E-state index contributed by atoms with van der Waals surface area (Å²) in [6.07, 6.45) is 1.62. The normalized spacial score (nSPS) is 10.6. The first-order chi connectivity index (χ1) is 10.1. The van der Waals surface area contributed by atoms with Crippen LogP contribution >= 0.6 is 11.3 Å². The SMILES string of the molecule is Cc1nc(-c2ccc(NC(=O)c3ccc(C)s3)cc2)co1. The standard InChI is InChI=1S/C16H14N2O2S/c1-10-3-8-15(21-10)16(19)18-13-6-4-12(5-7-13)14-9-20-11(2)17-14/h3-9H,1-2H3,(H,18,19). The van der Waals surface area contributed by atoms with Crippen LogP contribution in [0.25, 0.3) is 11.3 Å². The van der Waals surface area contributed by atoms with Gasteiger partial charge in [-0.2, -0.15) is 0 Å². The van der Waals surface area contributed by atoms with Crippen LogP contribution in [-0.2, 0) is 0 Å². The van der Waals surface area contributed by atoms with E-state index in [2.05, 4.69) is 10.3 Å². The Morgan fingerprint density at radius 3 is 2.48 bits per heavy atom. The summed E-state index contributed by atoms with van der Waals surface area (Å²) < 4.78 is 5.19. The number of nitrogens with one attached hydrogen (secondary N) is 1. The molecule has 0 saturated carbocycles. The van der Waals surface area contributed by atoms with Crippen molar-refractivity contribution in [1.29, 1.82) is 0 Å². The molecule has 0 saturated heterocycles. The number of thiophene rings is 1. The lowest BCUT2D eigenvalue weighted by Crippen LogP contribution is -2.09. The highest BCUT2D eigenvalue weighted by Gasteiger charge is 2.09.